The Labute approximate surface area is 148 Å². The SMILES string of the molecule is COC(=O)C1CCN(C(=O)c2cn(CCC3CCCCC3)nn2)CC1. The number of amides is 1. The van der Waals surface area contributed by atoms with Gasteiger partial charge in [0, 0.05) is 19.6 Å². The van der Waals surface area contributed by atoms with Gasteiger partial charge in [0.2, 0.25) is 0 Å². The Morgan fingerprint density at radius 3 is 2.56 bits per heavy atom. The summed E-state index contributed by atoms with van der Waals surface area (Å²) >= 11 is 0. The van der Waals surface area contributed by atoms with Crippen LogP contribution in [0, 0.1) is 11.8 Å². The molecule has 1 aromatic rings. The van der Waals surface area contributed by atoms with Crippen molar-refractivity contribution < 1.29 is 14.3 Å². The van der Waals surface area contributed by atoms with Crippen molar-refractivity contribution in [1.82, 2.24) is 19.9 Å². The van der Waals surface area contributed by atoms with Gasteiger partial charge >= 0.3 is 5.97 Å². The van der Waals surface area contributed by atoms with E-state index in [2.05, 4.69) is 10.3 Å². The minimum absolute atomic E-state index is 0.0905. The number of hydrogen-bond donors (Lipinski definition) is 0. The Bertz CT molecular complexity index is 587. The largest absolute Gasteiger partial charge is 0.469 e. The number of likely N-dealkylation sites (tertiary alicyclic amines) is 1. The quantitative estimate of drug-likeness (QED) is 0.763. The molecule has 1 saturated carbocycles. The highest BCUT2D eigenvalue weighted by Gasteiger charge is 2.29. The van der Waals surface area contributed by atoms with Crippen LogP contribution in [0.3, 0.4) is 0 Å². The third kappa shape index (κ3) is 4.58. The molecule has 0 bridgehead atoms. The lowest BCUT2D eigenvalue weighted by atomic mass is 9.87. The highest BCUT2D eigenvalue weighted by molar-refractivity contribution is 5.92. The van der Waals surface area contributed by atoms with Crippen LogP contribution in [0.25, 0.3) is 0 Å². The molecule has 1 aromatic heterocycles. The molecule has 1 amide bonds. The van der Waals surface area contributed by atoms with Crippen molar-refractivity contribution in [1.29, 1.82) is 0 Å². The van der Waals surface area contributed by atoms with Gasteiger partial charge in [-0.1, -0.05) is 37.3 Å². The van der Waals surface area contributed by atoms with Gasteiger partial charge in [-0.15, -0.1) is 5.10 Å². The number of nitrogens with zero attached hydrogens (tertiary/aromatic N) is 4. The van der Waals surface area contributed by atoms with E-state index >= 15 is 0 Å². The Kier molecular flexibility index (Phi) is 6.04. The number of methoxy groups -OCH3 is 1. The zero-order chi connectivity index (χ0) is 17.6. The Morgan fingerprint density at radius 1 is 1.16 bits per heavy atom. The molecule has 0 atom stereocenters. The third-order valence-corrected chi connectivity index (χ3v) is 5.57. The maximum Gasteiger partial charge on any atom is 0.308 e. The topological polar surface area (TPSA) is 77.3 Å². The van der Waals surface area contributed by atoms with E-state index in [4.69, 9.17) is 4.74 Å². The number of carbonyl (C=O) groups is 2. The van der Waals surface area contributed by atoms with Gasteiger partial charge in [-0.05, 0) is 25.2 Å². The van der Waals surface area contributed by atoms with Crippen LogP contribution < -0.4 is 0 Å². The first-order valence-electron chi connectivity index (χ1n) is 9.44. The van der Waals surface area contributed by atoms with Gasteiger partial charge in [0.1, 0.15) is 0 Å². The first-order valence-corrected chi connectivity index (χ1v) is 9.44. The molecule has 2 aliphatic rings. The van der Waals surface area contributed by atoms with Crippen molar-refractivity contribution in [3.63, 3.8) is 0 Å². The van der Waals surface area contributed by atoms with E-state index in [0.29, 0.717) is 31.6 Å². The lowest BCUT2D eigenvalue weighted by molar-refractivity contribution is -0.146. The van der Waals surface area contributed by atoms with Crippen LogP contribution in [0.15, 0.2) is 6.20 Å². The lowest BCUT2D eigenvalue weighted by Crippen LogP contribution is -2.40. The van der Waals surface area contributed by atoms with Crippen LogP contribution in [0.1, 0.15) is 61.9 Å². The van der Waals surface area contributed by atoms with Gasteiger partial charge in [-0.2, -0.15) is 0 Å². The Morgan fingerprint density at radius 2 is 1.88 bits per heavy atom. The van der Waals surface area contributed by atoms with Gasteiger partial charge < -0.3 is 9.64 Å². The van der Waals surface area contributed by atoms with Crippen LogP contribution in [-0.4, -0.2) is 52.0 Å². The smallest absolute Gasteiger partial charge is 0.308 e. The summed E-state index contributed by atoms with van der Waals surface area (Å²) < 4.78 is 6.58. The molecule has 138 valence electrons. The maximum absolute atomic E-state index is 12.6. The van der Waals surface area contributed by atoms with E-state index in [1.807, 2.05) is 0 Å². The number of carbonyl (C=O) groups excluding carboxylic acids is 2. The predicted octanol–water partition coefficient (Wildman–Crippen LogP) is 2.27. The number of hydrogen-bond acceptors (Lipinski definition) is 5. The number of rotatable bonds is 5. The summed E-state index contributed by atoms with van der Waals surface area (Å²) in [7, 11) is 1.41. The van der Waals surface area contributed by atoms with E-state index in [0.717, 1.165) is 18.9 Å². The Hall–Kier alpha value is -1.92. The molecular formula is C18H28N4O3. The van der Waals surface area contributed by atoms with Crippen molar-refractivity contribution >= 4 is 11.9 Å². The van der Waals surface area contributed by atoms with Crippen LogP contribution in [0.2, 0.25) is 0 Å². The molecule has 1 aliphatic carbocycles. The minimum atomic E-state index is -0.180. The standard InChI is InChI=1S/C18H28N4O3/c1-25-18(24)15-8-10-21(11-9-15)17(23)16-13-22(20-19-16)12-7-14-5-3-2-4-6-14/h13-15H,2-12H2,1H3. The molecule has 25 heavy (non-hydrogen) atoms. The lowest BCUT2D eigenvalue weighted by Gasteiger charge is -2.30. The molecule has 3 rings (SSSR count). The zero-order valence-electron chi connectivity index (χ0n) is 15.0. The van der Waals surface area contributed by atoms with Crippen molar-refractivity contribution in [2.75, 3.05) is 20.2 Å². The summed E-state index contributed by atoms with van der Waals surface area (Å²) in [5.74, 6) is 0.419. The first kappa shape index (κ1) is 17.9. The van der Waals surface area contributed by atoms with E-state index in [9.17, 15) is 9.59 Å². The van der Waals surface area contributed by atoms with Crippen LogP contribution in [0.4, 0.5) is 0 Å². The van der Waals surface area contributed by atoms with Gasteiger partial charge in [-0.3, -0.25) is 14.3 Å². The number of aryl methyl sites for hydroxylation is 1. The minimum Gasteiger partial charge on any atom is -0.469 e. The molecule has 2 fully saturated rings. The molecule has 1 saturated heterocycles. The van der Waals surface area contributed by atoms with Crippen molar-refractivity contribution in [3.8, 4) is 0 Å². The predicted molar refractivity (Wildman–Crippen MR) is 91.9 cm³/mol. The summed E-state index contributed by atoms with van der Waals surface area (Å²) in [5, 5.41) is 8.17. The normalized spacial score (nSPS) is 19.8. The molecule has 7 nitrogen and oxygen atoms in total. The number of aromatic nitrogens is 3. The van der Waals surface area contributed by atoms with Gasteiger partial charge in [0.15, 0.2) is 5.69 Å². The Balaban J connectivity index is 1.48. The number of esters is 1. The summed E-state index contributed by atoms with van der Waals surface area (Å²) in [6.45, 7) is 1.95. The summed E-state index contributed by atoms with van der Waals surface area (Å²) in [4.78, 5) is 25.9. The van der Waals surface area contributed by atoms with Crippen molar-refractivity contribution in [2.45, 2.75) is 57.9 Å². The zero-order valence-corrected chi connectivity index (χ0v) is 15.0. The highest BCUT2D eigenvalue weighted by Crippen LogP contribution is 2.26. The van der Waals surface area contributed by atoms with Gasteiger partial charge in [-0.25, -0.2) is 0 Å². The highest BCUT2D eigenvalue weighted by atomic mass is 16.5. The summed E-state index contributed by atoms with van der Waals surface area (Å²) in [6.07, 6.45) is 10.8. The third-order valence-electron chi connectivity index (χ3n) is 5.57. The fraction of sp³-hybridized carbons (Fsp3) is 0.778. The number of ether oxygens (including phenoxy) is 1. The number of piperidine rings is 1. The second-order valence-electron chi connectivity index (χ2n) is 7.25. The molecule has 0 unspecified atom stereocenters. The second kappa shape index (κ2) is 8.45. The fourth-order valence-corrected chi connectivity index (χ4v) is 3.94. The van der Waals surface area contributed by atoms with Gasteiger partial charge in [0.25, 0.3) is 5.91 Å². The van der Waals surface area contributed by atoms with Crippen molar-refractivity contribution in [3.05, 3.63) is 11.9 Å². The summed E-state index contributed by atoms with van der Waals surface area (Å²) in [5.41, 5.74) is 0.403. The van der Waals surface area contributed by atoms with Crippen LogP contribution in [0.5, 0.6) is 0 Å². The molecule has 7 heteroatoms. The van der Waals surface area contributed by atoms with E-state index in [-0.39, 0.29) is 17.8 Å². The first-order chi connectivity index (χ1) is 12.2. The van der Waals surface area contributed by atoms with Crippen molar-refractivity contribution in [2.24, 2.45) is 11.8 Å². The molecule has 2 heterocycles. The van der Waals surface area contributed by atoms with Crippen LogP contribution in [-0.2, 0) is 16.1 Å². The van der Waals surface area contributed by atoms with E-state index in [1.54, 1.807) is 15.8 Å². The van der Waals surface area contributed by atoms with E-state index in [1.165, 1.54) is 39.2 Å². The molecular weight excluding hydrogens is 320 g/mol. The average molecular weight is 348 g/mol. The average Bonchev–Trinajstić information content (AvgIpc) is 3.15. The molecule has 0 spiro atoms. The molecule has 0 radical (unpaired) electrons. The van der Waals surface area contributed by atoms with E-state index < -0.39 is 0 Å². The molecule has 1 aliphatic heterocycles. The molecule has 0 aromatic carbocycles. The fourth-order valence-electron chi connectivity index (χ4n) is 3.94. The van der Waals surface area contributed by atoms with Gasteiger partial charge in [0.05, 0.1) is 19.2 Å². The molecule has 0 N–H and O–H groups in total. The second-order valence-corrected chi connectivity index (χ2v) is 7.25. The van der Waals surface area contributed by atoms with Crippen LogP contribution >= 0.6 is 0 Å². The summed E-state index contributed by atoms with van der Waals surface area (Å²) in [6, 6.07) is 0. The maximum atomic E-state index is 12.6. The monoisotopic (exact) mass is 348 g/mol.